The second-order valence-corrected chi connectivity index (χ2v) is 7.99. The van der Waals surface area contributed by atoms with E-state index in [4.69, 9.17) is 0 Å². The minimum absolute atomic E-state index is 0.0403. The number of imide groups is 1. The van der Waals surface area contributed by atoms with Crippen LogP contribution in [0.4, 0.5) is 19.3 Å². The van der Waals surface area contributed by atoms with Crippen molar-refractivity contribution < 1.29 is 28.0 Å². The molecule has 168 valence electrons. The number of nitrogens with one attached hydrogen (secondary N) is 2. The molecule has 1 saturated heterocycles. The fraction of sp³-hybridized carbons (Fsp3) is 0.524. The van der Waals surface area contributed by atoms with Crippen LogP contribution in [0.2, 0.25) is 0 Å². The summed E-state index contributed by atoms with van der Waals surface area (Å²) in [5.74, 6) is -3.75. The quantitative estimate of drug-likeness (QED) is 0.669. The molecule has 2 unspecified atom stereocenters. The fourth-order valence-corrected chi connectivity index (χ4v) is 4.22. The average molecular weight is 436 g/mol. The van der Waals surface area contributed by atoms with E-state index in [1.54, 1.807) is 6.92 Å². The van der Waals surface area contributed by atoms with Crippen molar-refractivity contribution in [3.8, 4) is 0 Å². The molecular formula is C21H26F2N4O4. The van der Waals surface area contributed by atoms with E-state index in [-0.39, 0.29) is 12.5 Å². The first-order chi connectivity index (χ1) is 14.7. The fourth-order valence-electron chi connectivity index (χ4n) is 4.22. The topological polar surface area (TPSA) is 98.8 Å². The lowest BCUT2D eigenvalue weighted by molar-refractivity contribution is -0.141. The molecule has 1 spiro atoms. The van der Waals surface area contributed by atoms with Crippen LogP contribution in [0, 0.1) is 17.6 Å². The lowest BCUT2D eigenvalue weighted by Crippen LogP contribution is -2.54. The van der Waals surface area contributed by atoms with Crippen molar-refractivity contribution in [1.82, 2.24) is 15.1 Å². The Bertz CT molecular complexity index is 889. The van der Waals surface area contributed by atoms with E-state index >= 15 is 0 Å². The van der Waals surface area contributed by atoms with Gasteiger partial charge >= 0.3 is 6.03 Å². The summed E-state index contributed by atoms with van der Waals surface area (Å²) < 4.78 is 27.5. The molecule has 5 amide bonds. The number of likely N-dealkylation sites (N-methyl/N-ethyl adjacent to an activating group) is 1. The molecule has 2 atom stereocenters. The van der Waals surface area contributed by atoms with Crippen LogP contribution in [-0.2, 0) is 14.4 Å². The van der Waals surface area contributed by atoms with Crippen molar-refractivity contribution in [2.24, 2.45) is 5.92 Å². The van der Waals surface area contributed by atoms with Crippen molar-refractivity contribution in [2.45, 2.75) is 45.1 Å². The van der Waals surface area contributed by atoms with E-state index in [0.717, 1.165) is 41.2 Å². The third kappa shape index (κ3) is 4.38. The normalized spacial score (nSPS) is 23.1. The van der Waals surface area contributed by atoms with Crippen LogP contribution in [0.5, 0.6) is 0 Å². The second kappa shape index (κ2) is 8.99. The van der Waals surface area contributed by atoms with Gasteiger partial charge in [-0.05, 0) is 37.8 Å². The summed E-state index contributed by atoms with van der Waals surface area (Å²) in [6, 6.07) is 2.55. The Labute approximate surface area is 178 Å². The van der Waals surface area contributed by atoms with Gasteiger partial charge < -0.3 is 15.5 Å². The number of anilines is 1. The highest BCUT2D eigenvalue weighted by Gasteiger charge is 2.55. The molecule has 1 aromatic rings. The van der Waals surface area contributed by atoms with Crippen LogP contribution in [0.25, 0.3) is 0 Å². The first kappa shape index (κ1) is 22.6. The molecule has 1 aliphatic heterocycles. The van der Waals surface area contributed by atoms with Gasteiger partial charge in [0.1, 0.15) is 29.4 Å². The molecule has 0 aromatic heterocycles. The van der Waals surface area contributed by atoms with Crippen molar-refractivity contribution in [3.63, 3.8) is 0 Å². The molecular weight excluding hydrogens is 410 g/mol. The van der Waals surface area contributed by atoms with Gasteiger partial charge in [-0.25, -0.2) is 13.6 Å². The highest BCUT2D eigenvalue weighted by Crippen LogP contribution is 2.38. The van der Waals surface area contributed by atoms with Crippen molar-refractivity contribution in [1.29, 1.82) is 0 Å². The van der Waals surface area contributed by atoms with Crippen LogP contribution in [0.3, 0.4) is 0 Å². The maximum Gasteiger partial charge on any atom is 0.325 e. The van der Waals surface area contributed by atoms with Gasteiger partial charge in [-0.1, -0.05) is 25.8 Å². The largest absolute Gasteiger partial charge is 0.332 e. The molecule has 2 N–H and O–H groups in total. The standard InChI is InChI=1S/C21H26F2N4O4/c1-3-26(11-16(28)24-18-14(22)8-6-9-15(18)23)17(29)12-27-19(30)21(25-20(27)31)10-5-4-7-13(21)2/h6,8-9,13H,3-5,7,10-12H2,1-2H3,(H,24,28)(H,25,31). The van der Waals surface area contributed by atoms with Gasteiger partial charge in [-0.2, -0.15) is 0 Å². The minimum Gasteiger partial charge on any atom is -0.332 e. The molecule has 1 saturated carbocycles. The number of hydrogen-bond donors (Lipinski definition) is 2. The smallest absolute Gasteiger partial charge is 0.325 e. The predicted octanol–water partition coefficient (Wildman–Crippen LogP) is 2.25. The molecule has 31 heavy (non-hydrogen) atoms. The Morgan fingerprint density at radius 1 is 1.26 bits per heavy atom. The summed E-state index contributed by atoms with van der Waals surface area (Å²) in [6.45, 7) is 2.65. The summed E-state index contributed by atoms with van der Waals surface area (Å²) in [5.41, 5.74) is -1.58. The van der Waals surface area contributed by atoms with Gasteiger partial charge in [0.2, 0.25) is 11.8 Å². The number of halogens is 2. The van der Waals surface area contributed by atoms with E-state index in [1.807, 2.05) is 6.92 Å². The van der Waals surface area contributed by atoms with Gasteiger partial charge in [0.15, 0.2) is 0 Å². The molecule has 8 nitrogen and oxygen atoms in total. The summed E-state index contributed by atoms with van der Waals surface area (Å²) in [6.07, 6.45) is 3.12. The summed E-state index contributed by atoms with van der Waals surface area (Å²) in [5, 5.41) is 4.89. The van der Waals surface area contributed by atoms with Crippen LogP contribution >= 0.6 is 0 Å². The Morgan fingerprint density at radius 3 is 2.55 bits per heavy atom. The van der Waals surface area contributed by atoms with E-state index < -0.39 is 59.7 Å². The monoisotopic (exact) mass is 436 g/mol. The third-order valence-electron chi connectivity index (χ3n) is 6.09. The number of carbonyl (C=O) groups is 4. The average Bonchev–Trinajstić information content (AvgIpc) is 2.96. The maximum atomic E-state index is 13.7. The molecule has 10 heteroatoms. The SMILES string of the molecule is CCN(CC(=O)Nc1c(F)cccc1F)C(=O)CN1C(=O)NC2(CCCCC2C)C1=O. The number of amides is 5. The van der Waals surface area contributed by atoms with E-state index in [0.29, 0.717) is 6.42 Å². The van der Waals surface area contributed by atoms with Crippen LogP contribution in [0.1, 0.15) is 39.5 Å². The highest BCUT2D eigenvalue weighted by atomic mass is 19.1. The maximum absolute atomic E-state index is 13.7. The molecule has 2 aliphatic rings. The van der Waals surface area contributed by atoms with Crippen LogP contribution < -0.4 is 10.6 Å². The summed E-state index contributed by atoms with van der Waals surface area (Å²) in [7, 11) is 0. The molecule has 0 radical (unpaired) electrons. The Hall–Kier alpha value is -3.04. The number of rotatable bonds is 6. The highest BCUT2D eigenvalue weighted by molar-refractivity contribution is 6.09. The van der Waals surface area contributed by atoms with Gasteiger partial charge in [-0.15, -0.1) is 0 Å². The lowest BCUT2D eigenvalue weighted by atomic mass is 9.73. The zero-order valence-electron chi connectivity index (χ0n) is 17.5. The zero-order chi connectivity index (χ0) is 22.8. The number of para-hydroxylation sites is 1. The number of carbonyl (C=O) groups excluding carboxylic acids is 4. The summed E-state index contributed by atoms with van der Waals surface area (Å²) in [4.78, 5) is 52.4. The summed E-state index contributed by atoms with van der Waals surface area (Å²) >= 11 is 0. The zero-order valence-corrected chi connectivity index (χ0v) is 17.5. The van der Waals surface area contributed by atoms with Crippen LogP contribution in [0.15, 0.2) is 18.2 Å². The third-order valence-corrected chi connectivity index (χ3v) is 6.09. The molecule has 0 bridgehead atoms. The van der Waals surface area contributed by atoms with Crippen LogP contribution in [-0.4, -0.2) is 58.7 Å². The Morgan fingerprint density at radius 2 is 1.94 bits per heavy atom. The molecule has 1 heterocycles. The Kier molecular flexibility index (Phi) is 6.56. The van der Waals surface area contributed by atoms with Gasteiger partial charge in [0, 0.05) is 6.54 Å². The van der Waals surface area contributed by atoms with E-state index in [9.17, 15) is 28.0 Å². The predicted molar refractivity (Wildman–Crippen MR) is 108 cm³/mol. The number of hydrogen-bond acceptors (Lipinski definition) is 4. The van der Waals surface area contributed by atoms with Gasteiger partial charge in [0.25, 0.3) is 5.91 Å². The lowest BCUT2D eigenvalue weighted by Gasteiger charge is -2.36. The number of nitrogens with zero attached hydrogens (tertiary/aromatic N) is 2. The first-order valence-electron chi connectivity index (χ1n) is 10.4. The first-order valence-corrected chi connectivity index (χ1v) is 10.4. The van der Waals surface area contributed by atoms with Gasteiger partial charge in [-0.3, -0.25) is 19.3 Å². The molecule has 1 aromatic carbocycles. The van der Waals surface area contributed by atoms with Crippen molar-refractivity contribution >= 4 is 29.4 Å². The molecule has 2 fully saturated rings. The molecule has 3 rings (SSSR count). The Balaban J connectivity index is 1.65. The van der Waals surface area contributed by atoms with Crippen molar-refractivity contribution in [2.75, 3.05) is 25.0 Å². The van der Waals surface area contributed by atoms with E-state index in [2.05, 4.69) is 10.6 Å². The molecule has 1 aliphatic carbocycles. The minimum atomic E-state index is -0.980. The van der Waals surface area contributed by atoms with E-state index in [1.165, 1.54) is 6.07 Å². The number of benzene rings is 1. The number of urea groups is 1. The van der Waals surface area contributed by atoms with Crippen molar-refractivity contribution in [3.05, 3.63) is 29.8 Å². The van der Waals surface area contributed by atoms with Gasteiger partial charge in [0.05, 0.1) is 6.54 Å². The second-order valence-electron chi connectivity index (χ2n) is 7.99.